The molecule has 0 amide bonds. The van der Waals surface area contributed by atoms with Gasteiger partial charge in [0.2, 0.25) is 11.2 Å². The SMILES string of the molecule is O=c1c(O)c(C2=CC(O)(F)C(O)(F)C=C2)oc2cc(O)cc(O)c12. The first-order chi connectivity index (χ1) is 11.0. The molecule has 0 saturated heterocycles. The summed E-state index contributed by atoms with van der Waals surface area (Å²) in [5.74, 6) is -10.3. The van der Waals surface area contributed by atoms with Crippen molar-refractivity contribution in [2.24, 2.45) is 0 Å². The number of phenols is 2. The van der Waals surface area contributed by atoms with Crippen LogP contribution in [-0.4, -0.2) is 37.2 Å². The highest BCUT2D eigenvalue weighted by atomic mass is 19.2. The second-order valence-corrected chi connectivity index (χ2v) is 5.23. The van der Waals surface area contributed by atoms with E-state index in [1.165, 1.54) is 0 Å². The Morgan fingerprint density at radius 1 is 1.04 bits per heavy atom. The molecule has 3 rings (SSSR count). The zero-order valence-corrected chi connectivity index (χ0v) is 11.7. The monoisotopic (exact) mass is 340 g/mol. The molecule has 1 aromatic carbocycles. The Hall–Kier alpha value is -2.91. The fraction of sp³-hybridized carbons (Fsp3) is 0.133. The van der Waals surface area contributed by atoms with Gasteiger partial charge in [-0.25, -0.2) is 8.78 Å². The highest BCUT2D eigenvalue weighted by Crippen LogP contribution is 2.39. The van der Waals surface area contributed by atoms with E-state index in [0.29, 0.717) is 0 Å². The van der Waals surface area contributed by atoms with E-state index in [2.05, 4.69) is 0 Å². The van der Waals surface area contributed by atoms with Gasteiger partial charge in [0.1, 0.15) is 22.5 Å². The van der Waals surface area contributed by atoms with E-state index in [1.807, 2.05) is 0 Å². The first-order valence-corrected chi connectivity index (χ1v) is 6.50. The summed E-state index contributed by atoms with van der Waals surface area (Å²) in [5.41, 5.74) is -1.88. The number of alkyl halides is 2. The molecule has 9 heteroatoms. The molecule has 2 atom stereocenters. The van der Waals surface area contributed by atoms with Gasteiger partial charge in [-0.3, -0.25) is 4.79 Å². The summed E-state index contributed by atoms with van der Waals surface area (Å²) in [4.78, 5) is 12.1. The maximum atomic E-state index is 13.8. The van der Waals surface area contributed by atoms with Crippen LogP contribution in [-0.2, 0) is 0 Å². The number of hydrogen-bond donors (Lipinski definition) is 5. The van der Waals surface area contributed by atoms with Crippen molar-refractivity contribution in [3.8, 4) is 17.2 Å². The molecule has 5 N–H and O–H groups in total. The summed E-state index contributed by atoms with van der Waals surface area (Å²) in [7, 11) is 0. The number of hydrogen-bond acceptors (Lipinski definition) is 7. The average Bonchev–Trinajstić information content (AvgIpc) is 2.45. The van der Waals surface area contributed by atoms with E-state index >= 15 is 0 Å². The van der Waals surface area contributed by atoms with Crippen LogP contribution in [0.3, 0.4) is 0 Å². The minimum absolute atomic E-state index is 0.208. The summed E-state index contributed by atoms with van der Waals surface area (Å²) < 4.78 is 32.4. The Morgan fingerprint density at radius 2 is 1.71 bits per heavy atom. The molecule has 0 aliphatic heterocycles. The van der Waals surface area contributed by atoms with Crippen LogP contribution in [0, 0.1) is 0 Å². The molecule has 24 heavy (non-hydrogen) atoms. The van der Waals surface area contributed by atoms with Gasteiger partial charge in [-0.05, 0) is 18.2 Å². The molecule has 0 bridgehead atoms. The minimum Gasteiger partial charge on any atom is -0.508 e. The van der Waals surface area contributed by atoms with Crippen LogP contribution < -0.4 is 5.43 Å². The molecule has 2 unspecified atom stereocenters. The molecule has 126 valence electrons. The van der Waals surface area contributed by atoms with Gasteiger partial charge in [0.05, 0.1) is 0 Å². The quantitative estimate of drug-likeness (QED) is 0.527. The Morgan fingerprint density at radius 3 is 2.33 bits per heavy atom. The second kappa shape index (κ2) is 4.79. The molecular weight excluding hydrogens is 330 g/mol. The number of benzene rings is 1. The van der Waals surface area contributed by atoms with Crippen LogP contribution in [0.1, 0.15) is 5.76 Å². The van der Waals surface area contributed by atoms with Gasteiger partial charge in [0.15, 0.2) is 5.76 Å². The van der Waals surface area contributed by atoms with Crippen molar-refractivity contribution in [2.45, 2.75) is 11.7 Å². The molecule has 0 radical (unpaired) electrons. The highest BCUT2D eigenvalue weighted by molar-refractivity contribution is 5.88. The largest absolute Gasteiger partial charge is 0.508 e. The van der Waals surface area contributed by atoms with Gasteiger partial charge in [0.25, 0.3) is 11.7 Å². The number of phenolic OH excluding ortho intramolecular Hbond substituents is 2. The van der Waals surface area contributed by atoms with Crippen LogP contribution in [0.5, 0.6) is 17.2 Å². The van der Waals surface area contributed by atoms with Gasteiger partial charge < -0.3 is 29.9 Å². The minimum atomic E-state index is -3.84. The fourth-order valence-electron chi connectivity index (χ4n) is 2.28. The van der Waals surface area contributed by atoms with E-state index in [-0.39, 0.29) is 17.7 Å². The van der Waals surface area contributed by atoms with Crippen LogP contribution in [0.25, 0.3) is 16.5 Å². The first kappa shape index (κ1) is 16.0. The van der Waals surface area contributed by atoms with Crippen molar-refractivity contribution in [2.75, 3.05) is 0 Å². The van der Waals surface area contributed by atoms with E-state index in [9.17, 15) is 34.0 Å². The van der Waals surface area contributed by atoms with Crippen molar-refractivity contribution in [3.05, 3.63) is 46.3 Å². The zero-order chi connectivity index (χ0) is 17.9. The molecule has 1 aromatic heterocycles. The fourth-order valence-corrected chi connectivity index (χ4v) is 2.28. The summed E-state index contributed by atoms with van der Waals surface area (Å²) >= 11 is 0. The third-order valence-corrected chi connectivity index (χ3v) is 3.52. The molecule has 7 nitrogen and oxygen atoms in total. The maximum absolute atomic E-state index is 13.8. The van der Waals surface area contributed by atoms with Crippen LogP contribution in [0.2, 0.25) is 0 Å². The van der Waals surface area contributed by atoms with Gasteiger partial charge >= 0.3 is 0 Å². The summed E-state index contributed by atoms with van der Waals surface area (Å²) in [6.07, 6.45) is 1.26. The van der Waals surface area contributed by atoms with E-state index in [0.717, 1.165) is 18.2 Å². The molecule has 1 heterocycles. The molecule has 0 fully saturated rings. The molecule has 1 aliphatic carbocycles. The van der Waals surface area contributed by atoms with Crippen LogP contribution >= 0.6 is 0 Å². The summed E-state index contributed by atoms with van der Waals surface area (Å²) in [5, 5.41) is 47.0. The molecule has 0 saturated carbocycles. The smallest absolute Gasteiger partial charge is 0.290 e. The lowest BCUT2D eigenvalue weighted by molar-refractivity contribution is -0.235. The van der Waals surface area contributed by atoms with Gasteiger partial charge in [-0.15, -0.1) is 0 Å². The molecule has 1 aliphatic rings. The zero-order valence-electron chi connectivity index (χ0n) is 11.7. The predicted molar refractivity (Wildman–Crippen MR) is 76.7 cm³/mol. The number of rotatable bonds is 1. The lowest BCUT2D eigenvalue weighted by Gasteiger charge is -2.28. The third-order valence-electron chi connectivity index (χ3n) is 3.52. The Balaban J connectivity index is 2.29. The topological polar surface area (TPSA) is 131 Å². The first-order valence-electron chi connectivity index (χ1n) is 6.50. The van der Waals surface area contributed by atoms with Crippen molar-refractivity contribution in [1.82, 2.24) is 0 Å². The van der Waals surface area contributed by atoms with Crippen molar-refractivity contribution in [1.29, 1.82) is 0 Å². The van der Waals surface area contributed by atoms with Crippen molar-refractivity contribution in [3.63, 3.8) is 0 Å². The summed E-state index contributed by atoms with van der Waals surface area (Å²) in [6.45, 7) is 0. The molecular formula is C15H10F2O7. The lowest BCUT2D eigenvalue weighted by atomic mass is 9.96. The molecule has 0 spiro atoms. The lowest BCUT2D eigenvalue weighted by Crippen LogP contribution is -2.46. The Bertz CT molecular complexity index is 970. The van der Waals surface area contributed by atoms with E-state index in [1.54, 1.807) is 0 Å². The number of aromatic hydroxyl groups is 3. The second-order valence-electron chi connectivity index (χ2n) is 5.23. The highest BCUT2D eigenvalue weighted by Gasteiger charge is 2.50. The Kier molecular flexibility index (Phi) is 3.19. The standard InChI is InChI=1S/C15H10F2O7/c16-14(22)2-1-6(5-15(14,17)23)13-12(21)11(20)10-8(19)3-7(18)4-9(10)24-13/h1-5,18-19,21-23H. The van der Waals surface area contributed by atoms with E-state index in [4.69, 9.17) is 9.52 Å². The van der Waals surface area contributed by atoms with Crippen molar-refractivity contribution < 1.29 is 38.7 Å². The van der Waals surface area contributed by atoms with Gasteiger partial charge in [-0.1, -0.05) is 0 Å². The molecule has 2 aromatic rings. The number of fused-ring (bicyclic) bond motifs is 1. The van der Waals surface area contributed by atoms with Crippen molar-refractivity contribution >= 4 is 16.5 Å². The third kappa shape index (κ3) is 2.22. The van der Waals surface area contributed by atoms with Gasteiger partial charge in [-0.2, -0.15) is 0 Å². The van der Waals surface area contributed by atoms with Crippen LogP contribution in [0.4, 0.5) is 8.78 Å². The van der Waals surface area contributed by atoms with Gasteiger partial charge in [0, 0.05) is 17.7 Å². The number of halogens is 2. The number of aliphatic hydroxyl groups is 2. The van der Waals surface area contributed by atoms with E-state index < -0.39 is 51.1 Å². The predicted octanol–water partition coefficient (Wildman–Crippen LogP) is 1.18. The number of allylic oxidation sites excluding steroid dienone is 2. The Labute approximate surface area is 131 Å². The average molecular weight is 340 g/mol. The normalized spacial score (nSPS) is 26.6. The van der Waals surface area contributed by atoms with Crippen LogP contribution in [0.15, 0.2) is 39.6 Å². The maximum Gasteiger partial charge on any atom is 0.290 e. The summed E-state index contributed by atoms with van der Waals surface area (Å²) in [6, 6.07) is 1.81.